The Morgan fingerprint density at radius 3 is 2.65 bits per heavy atom. The summed E-state index contributed by atoms with van der Waals surface area (Å²) in [7, 11) is 0. The van der Waals surface area contributed by atoms with Crippen molar-refractivity contribution in [1.29, 1.82) is 0 Å². The van der Waals surface area contributed by atoms with Crippen molar-refractivity contribution in [3.8, 4) is 11.3 Å². The van der Waals surface area contributed by atoms with Crippen molar-refractivity contribution in [2.24, 2.45) is 0 Å². The van der Waals surface area contributed by atoms with Crippen LogP contribution in [0.4, 0.5) is 24.5 Å². The van der Waals surface area contributed by atoms with E-state index in [1.54, 1.807) is 18.5 Å². The van der Waals surface area contributed by atoms with Crippen LogP contribution in [0.15, 0.2) is 48.0 Å². The van der Waals surface area contributed by atoms with Crippen LogP contribution in [0.25, 0.3) is 21.5 Å². The first-order valence-electron chi connectivity index (χ1n) is 7.76. The fourth-order valence-electron chi connectivity index (χ4n) is 2.84. The number of nitrogens with zero attached hydrogens (tertiary/aromatic N) is 2. The topological polar surface area (TPSA) is 53.6 Å². The van der Waals surface area contributed by atoms with E-state index >= 15 is 0 Å². The van der Waals surface area contributed by atoms with E-state index in [9.17, 15) is 13.2 Å². The van der Waals surface area contributed by atoms with Crippen LogP contribution in [-0.2, 0) is 6.18 Å². The second-order valence-electron chi connectivity index (χ2n) is 5.78. The normalized spacial score (nSPS) is 11.8. The Morgan fingerprint density at radius 1 is 1.12 bits per heavy atom. The standard InChI is InChI=1S/C18H13F3N4S/c1-10-8-15(18(19,20)21)24-17-16(10)14(9-26-17)23-12-5-3-2-4-11(12)13-6-7-22-25-13/h2-9,23H,1H3,(H,22,25). The Labute approximate surface area is 150 Å². The minimum absolute atomic E-state index is 0.358. The van der Waals surface area contributed by atoms with E-state index in [4.69, 9.17) is 0 Å². The number of aromatic amines is 1. The number of alkyl halides is 3. The zero-order chi connectivity index (χ0) is 18.3. The van der Waals surface area contributed by atoms with Gasteiger partial charge in [0.2, 0.25) is 0 Å². The summed E-state index contributed by atoms with van der Waals surface area (Å²) in [6, 6.07) is 10.6. The molecule has 3 heterocycles. The molecular formula is C18H13F3N4S. The fraction of sp³-hybridized carbons (Fsp3) is 0.111. The minimum Gasteiger partial charge on any atom is -0.354 e. The second kappa shape index (κ2) is 6.14. The number of H-pyrrole nitrogens is 1. The maximum absolute atomic E-state index is 13.0. The summed E-state index contributed by atoms with van der Waals surface area (Å²) < 4.78 is 38.9. The molecule has 0 aliphatic rings. The van der Waals surface area contributed by atoms with Gasteiger partial charge in [0.25, 0.3) is 0 Å². The van der Waals surface area contributed by atoms with E-state index in [0.717, 1.165) is 28.7 Å². The number of para-hydroxylation sites is 1. The highest BCUT2D eigenvalue weighted by Gasteiger charge is 2.33. The first-order chi connectivity index (χ1) is 12.4. The van der Waals surface area contributed by atoms with E-state index in [2.05, 4.69) is 20.5 Å². The summed E-state index contributed by atoms with van der Waals surface area (Å²) in [5.74, 6) is 0. The van der Waals surface area contributed by atoms with E-state index in [0.29, 0.717) is 15.8 Å². The lowest BCUT2D eigenvalue weighted by Gasteiger charge is -2.12. The smallest absolute Gasteiger partial charge is 0.354 e. The third kappa shape index (κ3) is 2.92. The molecule has 3 aromatic heterocycles. The van der Waals surface area contributed by atoms with Crippen molar-refractivity contribution in [3.05, 3.63) is 59.2 Å². The number of anilines is 2. The molecule has 0 fully saturated rings. The molecule has 4 rings (SSSR count). The Kier molecular flexibility index (Phi) is 3.91. The van der Waals surface area contributed by atoms with Gasteiger partial charge in [0.05, 0.1) is 11.4 Å². The number of thiophene rings is 1. The van der Waals surface area contributed by atoms with Crippen molar-refractivity contribution in [1.82, 2.24) is 15.2 Å². The van der Waals surface area contributed by atoms with Crippen molar-refractivity contribution >= 4 is 32.9 Å². The van der Waals surface area contributed by atoms with Gasteiger partial charge in [-0.05, 0) is 30.7 Å². The molecule has 2 N–H and O–H groups in total. The van der Waals surface area contributed by atoms with Gasteiger partial charge in [-0.2, -0.15) is 18.3 Å². The van der Waals surface area contributed by atoms with Crippen molar-refractivity contribution in [3.63, 3.8) is 0 Å². The van der Waals surface area contributed by atoms with Crippen LogP contribution in [0.2, 0.25) is 0 Å². The predicted molar refractivity (Wildman–Crippen MR) is 96.7 cm³/mol. The quantitative estimate of drug-likeness (QED) is 0.479. The van der Waals surface area contributed by atoms with Crippen molar-refractivity contribution < 1.29 is 13.2 Å². The minimum atomic E-state index is -4.46. The number of aromatic nitrogens is 3. The van der Waals surface area contributed by atoms with Crippen LogP contribution in [-0.4, -0.2) is 15.2 Å². The first kappa shape index (κ1) is 16.6. The fourth-order valence-corrected chi connectivity index (χ4v) is 3.78. The predicted octanol–water partition coefficient (Wildman–Crippen LogP) is 5.76. The number of halogens is 3. The zero-order valence-corrected chi connectivity index (χ0v) is 14.4. The molecule has 4 aromatic rings. The lowest BCUT2D eigenvalue weighted by Crippen LogP contribution is -2.08. The number of benzene rings is 1. The number of pyridine rings is 1. The van der Waals surface area contributed by atoms with Gasteiger partial charge in [0.15, 0.2) is 0 Å². The molecule has 1 aromatic carbocycles. The van der Waals surface area contributed by atoms with Gasteiger partial charge in [0, 0.05) is 28.2 Å². The molecule has 0 saturated heterocycles. The molecule has 0 bridgehead atoms. The number of aryl methyl sites for hydroxylation is 1. The van der Waals surface area contributed by atoms with Crippen LogP contribution in [0.1, 0.15) is 11.3 Å². The maximum atomic E-state index is 13.0. The SMILES string of the molecule is Cc1cc(C(F)(F)F)nc2scc(Nc3ccccc3-c3cc[nH]n3)c12. The van der Waals surface area contributed by atoms with Crippen LogP contribution >= 0.6 is 11.3 Å². The monoisotopic (exact) mass is 374 g/mol. The third-order valence-electron chi connectivity index (χ3n) is 4.00. The molecular weight excluding hydrogens is 361 g/mol. The van der Waals surface area contributed by atoms with Crippen LogP contribution in [0.5, 0.6) is 0 Å². The molecule has 0 unspecified atom stereocenters. The van der Waals surface area contributed by atoms with Gasteiger partial charge in [0.1, 0.15) is 10.5 Å². The molecule has 8 heteroatoms. The summed E-state index contributed by atoms with van der Waals surface area (Å²) in [6.07, 6.45) is -2.72. The number of rotatable bonds is 3. The summed E-state index contributed by atoms with van der Waals surface area (Å²) in [6.45, 7) is 1.66. The molecule has 4 nitrogen and oxygen atoms in total. The van der Waals surface area contributed by atoms with Gasteiger partial charge in [-0.3, -0.25) is 5.10 Å². The van der Waals surface area contributed by atoms with E-state index in [1.165, 1.54) is 11.3 Å². The lowest BCUT2D eigenvalue weighted by molar-refractivity contribution is -0.141. The van der Waals surface area contributed by atoms with Crippen LogP contribution in [0.3, 0.4) is 0 Å². The van der Waals surface area contributed by atoms with Crippen molar-refractivity contribution in [2.75, 3.05) is 5.32 Å². The molecule has 0 saturated carbocycles. The number of fused-ring (bicyclic) bond motifs is 1. The average molecular weight is 374 g/mol. The number of hydrogen-bond acceptors (Lipinski definition) is 4. The summed E-state index contributed by atoms with van der Waals surface area (Å²) in [5.41, 5.74) is 2.88. The Balaban J connectivity index is 1.78. The van der Waals surface area contributed by atoms with Gasteiger partial charge in [-0.15, -0.1) is 11.3 Å². The molecule has 0 atom stereocenters. The van der Waals surface area contributed by atoms with Gasteiger partial charge >= 0.3 is 6.18 Å². The van der Waals surface area contributed by atoms with Gasteiger partial charge < -0.3 is 5.32 Å². The molecule has 0 aliphatic carbocycles. The second-order valence-corrected chi connectivity index (χ2v) is 6.64. The van der Waals surface area contributed by atoms with Crippen LogP contribution in [0, 0.1) is 6.92 Å². The Bertz CT molecular complexity index is 1070. The van der Waals surface area contributed by atoms with Gasteiger partial charge in [-0.25, -0.2) is 4.98 Å². The Hall–Kier alpha value is -2.87. The lowest BCUT2D eigenvalue weighted by atomic mass is 10.1. The molecule has 0 radical (unpaired) electrons. The highest BCUT2D eigenvalue weighted by atomic mass is 32.1. The number of nitrogens with one attached hydrogen (secondary N) is 2. The highest BCUT2D eigenvalue weighted by molar-refractivity contribution is 7.17. The zero-order valence-electron chi connectivity index (χ0n) is 13.6. The van der Waals surface area contributed by atoms with E-state index in [-0.39, 0.29) is 0 Å². The largest absolute Gasteiger partial charge is 0.433 e. The average Bonchev–Trinajstić information content (AvgIpc) is 3.25. The first-order valence-corrected chi connectivity index (χ1v) is 8.63. The maximum Gasteiger partial charge on any atom is 0.433 e. The molecule has 132 valence electrons. The molecule has 0 spiro atoms. The summed E-state index contributed by atoms with van der Waals surface area (Å²) in [4.78, 5) is 4.14. The Morgan fingerprint density at radius 2 is 1.92 bits per heavy atom. The third-order valence-corrected chi connectivity index (χ3v) is 4.88. The van der Waals surface area contributed by atoms with Crippen LogP contribution < -0.4 is 5.32 Å². The molecule has 0 aliphatic heterocycles. The summed E-state index contributed by atoms with van der Waals surface area (Å²) in [5, 5.41) is 12.8. The number of hydrogen-bond donors (Lipinski definition) is 2. The molecule has 0 amide bonds. The van der Waals surface area contributed by atoms with E-state index in [1.807, 2.05) is 30.3 Å². The summed E-state index contributed by atoms with van der Waals surface area (Å²) >= 11 is 1.19. The van der Waals surface area contributed by atoms with Crippen molar-refractivity contribution in [2.45, 2.75) is 13.1 Å². The van der Waals surface area contributed by atoms with E-state index < -0.39 is 11.9 Å². The van der Waals surface area contributed by atoms with Gasteiger partial charge in [-0.1, -0.05) is 18.2 Å². The highest BCUT2D eigenvalue weighted by Crippen LogP contribution is 2.38. The molecule has 26 heavy (non-hydrogen) atoms.